The third-order valence-corrected chi connectivity index (χ3v) is 8.40. The van der Waals surface area contributed by atoms with Crippen LogP contribution in [0.4, 0.5) is 27.6 Å². The molecular weight excluding hydrogens is 565 g/mol. The van der Waals surface area contributed by atoms with Gasteiger partial charge in [-0.05, 0) is 59.0 Å². The molecule has 0 amide bonds. The molecule has 0 radical (unpaired) electrons. The lowest BCUT2D eigenvalue weighted by Gasteiger charge is -2.24. The monoisotopic (exact) mass is 583 g/mol. The number of halogens is 6. The van der Waals surface area contributed by atoms with E-state index in [1.165, 1.54) is 12.1 Å². The number of anilines is 1. The summed E-state index contributed by atoms with van der Waals surface area (Å²) < 4.78 is 117. The predicted octanol–water partition coefficient (Wildman–Crippen LogP) is 6.38. The molecule has 0 fully saturated rings. The Morgan fingerprint density at radius 1 is 0.838 bits per heavy atom. The molecule has 0 saturated carbocycles. The third kappa shape index (κ3) is 5.68. The van der Waals surface area contributed by atoms with Crippen LogP contribution in [-0.2, 0) is 25.3 Å². The quantitative estimate of drug-likeness (QED) is 0.339. The fraction of sp³-hybridized carbons (Fsp3) is 0.217. The normalized spacial score (nSPS) is 13.0. The van der Waals surface area contributed by atoms with Gasteiger partial charge in [-0.2, -0.15) is 13.2 Å². The van der Waals surface area contributed by atoms with E-state index in [1.54, 1.807) is 20.8 Å². The van der Waals surface area contributed by atoms with E-state index in [4.69, 9.17) is 11.6 Å². The van der Waals surface area contributed by atoms with E-state index in [2.05, 4.69) is 0 Å². The van der Waals surface area contributed by atoms with Gasteiger partial charge in [-0.25, -0.2) is 25.6 Å². The third-order valence-electron chi connectivity index (χ3n) is 5.23. The number of sulfonamides is 1. The summed E-state index contributed by atoms with van der Waals surface area (Å²) in [5.74, 6) is -2.98. The van der Waals surface area contributed by atoms with Crippen molar-refractivity contribution >= 4 is 37.1 Å². The van der Waals surface area contributed by atoms with Gasteiger partial charge in [-0.3, -0.25) is 4.72 Å². The van der Waals surface area contributed by atoms with Crippen LogP contribution in [-0.4, -0.2) is 27.5 Å². The van der Waals surface area contributed by atoms with Crippen LogP contribution in [0.3, 0.4) is 0 Å². The zero-order valence-corrected chi connectivity index (χ0v) is 21.7. The molecule has 0 aliphatic carbocycles. The minimum atomic E-state index is -5.74. The number of rotatable bonds is 5. The second-order valence-electron chi connectivity index (χ2n) is 8.95. The zero-order chi connectivity index (χ0) is 28.1. The molecule has 0 heterocycles. The first-order chi connectivity index (χ1) is 16.8. The number of phenols is 1. The van der Waals surface area contributed by atoms with Crippen molar-refractivity contribution < 1.29 is 43.9 Å². The van der Waals surface area contributed by atoms with Gasteiger partial charge < -0.3 is 5.11 Å². The van der Waals surface area contributed by atoms with Crippen LogP contribution in [0.25, 0.3) is 11.1 Å². The van der Waals surface area contributed by atoms with Gasteiger partial charge in [-0.15, -0.1) is 0 Å². The summed E-state index contributed by atoms with van der Waals surface area (Å²) in [6, 6.07) is 6.97. The van der Waals surface area contributed by atoms with Crippen molar-refractivity contribution in [2.45, 2.75) is 41.5 Å². The van der Waals surface area contributed by atoms with E-state index in [1.807, 2.05) is 4.72 Å². The van der Waals surface area contributed by atoms with Crippen LogP contribution in [0, 0.1) is 11.6 Å². The van der Waals surface area contributed by atoms with Crippen LogP contribution >= 0.6 is 11.6 Å². The van der Waals surface area contributed by atoms with Crippen molar-refractivity contribution in [1.82, 2.24) is 0 Å². The van der Waals surface area contributed by atoms with Crippen LogP contribution in [0.1, 0.15) is 26.3 Å². The van der Waals surface area contributed by atoms with Crippen LogP contribution in [0.2, 0.25) is 5.02 Å². The minimum Gasteiger partial charge on any atom is -0.506 e. The summed E-state index contributed by atoms with van der Waals surface area (Å²) in [4.78, 5) is -1.89. The maximum absolute atomic E-state index is 13.9. The van der Waals surface area contributed by atoms with E-state index < -0.39 is 68.7 Å². The SMILES string of the molecule is CC(C)(C)c1cc(-c2ccc(F)c(F)c2)cc(S(=O)(=O)Nc2ccc(S(=O)(=O)C(F)(F)F)cc2Cl)c1O. The number of alkyl halides is 3. The molecule has 0 unspecified atom stereocenters. The highest BCUT2D eigenvalue weighted by Crippen LogP contribution is 2.41. The van der Waals surface area contributed by atoms with Crippen molar-refractivity contribution in [3.63, 3.8) is 0 Å². The van der Waals surface area contributed by atoms with Crippen molar-refractivity contribution in [2.75, 3.05) is 4.72 Å². The van der Waals surface area contributed by atoms with Crippen molar-refractivity contribution in [1.29, 1.82) is 0 Å². The Bertz CT molecular complexity index is 1600. The first-order valence-corrected chi connectivity index (χ1v) is 13.6. The largest absolute Gasteiger partial charge is 0.506 e. The second-order valence-corrected chi connectivity index (χ2v) is 12.9. The standard InChI is InChI=1S/C23H19ClF5NO5S2/c1-22(2,3)15-8-13(12-4-6-17(25)18(26)9-12)10-20(21(15)31)37(34,35)30-19-7-5-14(11-16(19)24)36(32,33)23(27,28)29/h4-11,30-31H,1-3H3. The number of hydrogen-bond acceptors (Lipinski definition) is 5. The molecule has 0 atom stereocenters. The lowest BCUT2D eigenvalue weighted by Crippen LogP contribution is -2.23. The summed E-state index contributed by atoms with van der Waals surface area (Å²) in [6.45, 7) is 4.99. The van der Waals surface area contributed by atoms with Gasteiger partial charge in [0, 0.05) is 5.56 Å². The maximum Gasteiger partial charge on any atom is 0.501 e. The Hall–Kier alpha value is -2.90. The number of phenolic OH excluding ortho intramolecular Hbond substituents is 1. The van der Waals surface area contributed by atoms with Crippen molar-refractivity contribution in [2.24, 2.45) is 0 Å². The molecule has 0 aliphatic heterocycles. The van der Waals surface area contributed by atoms with Crippen LogP contribution < -0.4 is 4.72 Å². The first-order valence-electron chi connectivity index (χ1n) is 10.2. The van der Waals surface area contributed by atoms with Gasteiger partial charge in [-0.1, -0.05) is 38.4 Å². The lowest BCUT2D eigenvalue weighted by molar-refractivity contribution is -0.0436. The summed E-state index contributed by atoms with van der Waals surface area (Å²) in [6.07, 6.45) is 0. The van der Waals surface area contributed by atoms with E-state index in [0.29, 0.717) is 12.1 Å². The van der Waals surface area contributed by atoms with Gasteiger partial charge in [0.25, 0.3) is 19.9 Å². The highest BCUT2D eigenvalue weighted by molar-refractivity contribution is 7.93. The van der Waals surface area contributed by atoms with Gasteiger partial charge in [0.2, 0.25) is 0 Å². The van der Waals surface area contributed by atoms with E-state index in [0.717, 1.165) is 24.3 Å². The molecule has 0 aromatic heterocycles. The van der Waals surface area contributed by atoms with Crippen LogP contribution in [0.5, 0.6) is 5.75 Å². The fourth-order valence-corrected chi connectivity index (χ4v) is 5.67. The Labute approximate surface area is 214 Å². The summed E-state index contributed by atoms with van der Waals surface area (Å²) in [5.41, 5.74) is -6.56. The highest BCUT2D eigenvalue weighted by Gasteiger charge is 2.47. The molecule has 200 valence electrons. The Morgan fingerprint density at radius 2 is 1.46 bits per heavy atom. The summed E-state index contributed by atoms with van der Waals surface area (Å²) in [5, 5.41) is 10.2. The molecule has 6 nitrogen and oxygen atoms in total. The lowest BCUT2D eigenvalue weighted by atomic mass is 9.84. The highest BCUT2D eigenvalue weighted by atomic mass is 35.5. The molecule has 0 bridgehead atoms. The van der Waals surface area contributed by atoms with Gasteiger partial charge in [0.15, 0.2) is 11.6 Å². The topological polar surface area (TPSA) is 101 Å². The molecule has 0 spiro atoms. The second kappa shape index (κ2) is 9.44. The fourth-order valence-electron chi connectivity index (χ4n) is 3.31. The smallest absolute Gasteiger partial charge is 0.501 e. The maximum atomic E-state index is 13.9. The van der Waals surface area contributed by atoms with E-state index >= 15 is 0 Å². The summed E-state index contributed by atoms with van der Waals surface area (Å²) >= 11 is 5.88. The Morgan fingerprint density at radius 3 is 1.97 bits per heavy atom. The molecular formula is C23H19ClF5NO5S2. The summed E-state index contributed by atoms with van der Waals surface area (Å²) in [7, 11) is -10.4. The number of sulfone groups is 1. The molecule has 3 rings (SSSR count). The molecule has 0 aliphatic rings. The molecule has 3 aromatic rings. The van der Waals surface area contributed by atoms with Crippen molar-refractivity contribution in [3.8, 4) is 16.9 Å². The van der Waals surface area contributed by atoms with E-state index in [-0.39, 0.29) is 16.7 Å². The Balaban J connectivity index is 2.15. The van der Waals surface area contributed by atoms with Crippen LogP contribution in [0.15, 0.2) is 58.3 Å². The predicted molar refractivity (Wildman–Crippen MR) is 128 cm³/mol. The molecule has 14 heteroatoms. The number of benzene rings is 3. The molecule has 3 aromatic carbocycles. The van der Waals surface area contributed by atoms with Gasteiger partial charge in [0.1, 0.15) is 10.6 Å². The molecule has 2 N–H and O–H groups in total. The molecule has 0 saturated heterocycles. The molecule has 37 heavy (non-hydrogen) atoms. The van der Waals surface area contributed by atoms with Gasteiger partial charge in [0.05, 0.1) is 15.6 Å². The minimum absolute atomic E-state index is 0.0978. The van der Waals surface area contributed by atoms with Gasteiger partial charge >= 0.3 is 5.51 Å². The first kappa shape index (κ1) is 28.7. The zero-order valence-electron chi connectivity index (χ0n) is 19.3. The average Bonchev–Trinajstić information content (AvgIpc) is 2.75. The Kier molecular flexibility index (Phi) is 7.32. The average molecular weight is 584 g/mol. The van der Waals surface area contributed by atoms with Crippen molar-refractivity contribution in [3.05, 3.63) is 70.8 Å². The van der Waals surface area contributed by atoms with E-state index in [9.17, 15) is 43.9 Å². The number of hydrogen-bond donors (Lipinski definition) is 2. The number of nitrogens with one attached hydrogen (secondary N) is 1. The number of aromatic hydroxyl groups is 1.